The lowest BCUT2D eigenvalue weighted by molar-refractivity contribution is 0.0916. The van der Waals surface area contributed by atoms with Crippen molar-refractivity contribution in [2.45, 2.75) is 6.10 Å². The van der Waals surface area contributed by atoms with E-state index < -0.39 is 17.8 Å². The van der Waals surface area contributed by atoms with Gasteiger partial charge in [-0.25, -0.2) is 4.39 Å². The molecule has 2 rings (SSSR count). The van der Waals surface area contributed by atoms with Gasteiger partial charge >= 0.3 is 0 Å². The molecule has 0 aliphatic carbocycles. The zero-order chi connectivity index (χ0) is 16.1. The molecule has 0 aliphatic heterocycles. The van der Waals surface area contributed by atoms with E-state index in [4.69, 9.17) is 16.3 Å². The fourth-order valence-electron chi connectivity index (χ4n) is 1.95. The summed E-state index contributed by atoms with van der Waals surface area (Å²) in [6.45, 7) is -0.0315. The van der Waals surface area contributed by atoms with Gasteiger partial charge in [0.15, 0.2) is 11.6 Å². The number of carbonyl (C=O) groups is 1. The quantitative estimate of drug-likeness (QED) is 0.889. The molecule has 0 aromatic heterocycles. The second kappa shape index (κ2) is 7.24. The second-order valence-corrected chi connectivity index (χ2v) is 5.00. The smallest absolute Gasteiger partial charge is 0.251 e. The maximum atomic E-state index is 13.6. The number of aliphatic hydroxyl groups is 1. The van der Waals surface area contributed by atoms with E-state index in [9.17, 15) is 14.3 Å². The first-order valence-electron chi connectivity index (χ1n) is 6.57. The van der Waals surface area contributed by atoms with Gasteiger partial charge in [-0.2, -0.15) is 0 Å². The van der Waals surface area contributed by atoms with Crippen molar-refractivity contribution in [2.75, 3.05) is 13.7 Å². The molecule has 22 heavy (non-hydrogen) atoms. The topological polar surface area (TPSA) is 58.6 Å². The molecule has 0 radical (unpaired) electrons. The van der Waals surface area contributed by atoms with Crippen molar-refractivity contribution in [2.24, 2.45) is 0 Å². The van der Waals surface area contributed by atoms with Crippen molar-refractivity contribution in [3.8, 4) is 5.75 Å². The number of methoxy groups -OCH3 is 1. The molecule has 0 heterocycles. The fraction of sp³-hybridized carbons (Fsp3) is 0.188. The molecule has 1 amide bonds. The highest BCUT2D eigenvalue weighted by molar-refractivity contribution is 6.31. The predicted molar refractivity (Wildman–Crippen MR) is 81.7 cm³/mol. The number of aliphatic hydroxyl groups excluding tert-OH is 1. The molecule has 0 saturated heterocycles. The summed E-state index contributed by atoms with van der Waals surface area (Å²) in [5.41, 5.74) is 0.662. The number of rotatable bonds is 5. The van der Waals surface area contributed by atoms with Gasteiger partial charge < -0.3 is 15.2 Å². The second-order valence-electron chi connectivity index (χ2n) is 4.60. The Kier molecular flexibility index (Phi) is 5.35. The van der Waals surface area contributed by atoms with Crippen molar-refractivity contribution in [3.63, 3.8) is 0 Å². The van der Waals surface area contributed by atoms with Crippen LogP contribution in [0.4, 0.5) is 4.39 Å². The van der Waals surface area contributed by atoms with Gasteiger partial charge in [-0.1, -0.05) is 29.8 Å². The lowest BCUT2D eigenvalue weighted by Crippen LogP contribution is -2.28. The van der Waals surface area contributed by atoms with Crippen molar-refractivity contribution in [3.05, 3.63) is 64.4 Å². The summed E-state index contributed by atoms with van der Waals surface area (Å²) in [5, 5.41) is 13.0. The molecule has 0 bridgehead atoms. The summed E-state index contributed by atoms with van der Waals surface area (Å²) in [6.07, 6.45) is -0.944. The van der Waals surface area contributed by atoms with E-state index >= 15 is 0 Å². The molecule has 0 spiro atoms. The van der Waals surface area contributed by atoms with Crippen LogP contribution in [-0.4, -0.2) is 24.7 Å². The van der Waals surface area contributed by atoms with Crippen molar-refractivity contribution >= 4 is 17.5 Å². The average Bonchev–Trinajstić information content (AvgIpc) is 2.52. The van der Waals surface area contributed by atoms with Crippen LogP contribution in [0.15, 0.2) is 42.5 Å². The fourth-order valence-corrected chi connectivity index (χ4v) is 2.22. The van der Waals surface area contributed by atoms with E-state index in [2.05, 4.69) is 5.32 Å². The zero-order valence-corrected chi connectivity index (χ0v) is 12.6. The van der Waals surface area contributed by atoms with E-state index in [1.54, 1.807) is 24.3 Å². The van der Waals surface area contributed by atoms with Crippen LogP contribution in [0.1, 0.15) is 22.0 Å². The Balaban J connectivity index is 2.01. The monoisotopic (exact) mass is 323 g/mol. The van der Waals surface area contributed by atoms with Gasteiger partial charge in [0.2, 0.25) is 0 Å². The van der Waals surface area contributed by atoms with Gasteiger partial charge in [0, 0.05) is 22.7 Å². The summed E-state index contributed by atoms with van der Waals surface area (Å²) in [5.74, 6) is -1.05. The van der Waals surface area contributed by atoms with Gasteiger partial charge in [-0.15, -0.1) is 0 Å². The van der Waals surface area contributed by atoms with Gasteiger partial charge in [0.05, 0.1) is 13.2 Å². The SMILES string of the molecule is COc1ccc(C(=O)NCC(O)c2ccccc2Cl)cc1F. The van der Waals surface area contributed by atoms with Crippen LogP contribution < -0.4 is 10.1 Å². The van der Waals surface area contributed by atoms with Crippen LogP contribution in [0.5, 0.6) is 5.75 Å². The molecular formula is C16H15ClFNO3. The number of benzene rings is 2. The maximum Gasteiger partial charge on any atom is 0.251 e. The first-order valence-corrected chi connectivity index (χ1v) is 6.95. The number of carbonyl (C=O) groups excluding carboxylic acids is 1. The lowest BCUT2D eigenvalue weighted by Gasteiger charge is -2.14. The first-order chi connectivity index (χ1) is 10.5. The molecule has 4 nitrogen and oxygen atoms in total. The van der Waals surface area contributed by atoms with Crippen LogP contribution in [-0.2, 0) is 0 Å². The number of nitrogens with one attached hydrogen (secondary N) is 1. The molecule has 2 aromatic carbocycles. The van der Waals surface area contributed by atoms with Crippen LogP contribution in [0.3, 0.4) is 0 Å². The predicted octanol–water partition coefficient (Wildman–Crippen LogP) is 2.95. The number of amides is 1. The van der Waals surface area contributed by atoms with E-state index in [1.165, 1.54) is 19.2 Å². The third kappa shape index (κ3) is 3.75. The van der Waals surface area contributed by atoms with E-state index in [0.29, 0.717) is 10.6 Å². The third-order valence-corrected chi connectivity index (χ3v) is 3.48. The molecule has 1 atom stereocenters. The summed E-state index contributed by atoms with van der Waals surface area (Å²) in [4.78, 5) is 12.0. The minimum atomic E-state index is -0.944. The van der Waals surface area contributed by atoms with Gasteiger partial charge in [-0.3, -0.25) is 4.79 Å². The molecule has 116 valence electrons. The molecule has 0 saturated carbocycles. The molecule has 0 fully saturated rings. The zero-order valence-electron chi connectivity index (χ0n) is 11.8. The summed E-state index contributed by atoms with van der Waals surface area (Å²) < 4.78 is 18.3. The average molecular weight is 324 g/mol. The summed E-state index contributed by atoms with van der Waals surface area (Å²) in [7, 11) is 1.35. The normalized spacial score (nSPS) is 11.8. The number of hydrogen-bond donors (Lipinski definition) is 2. The van der Waals surface area contributed by atoms with Crippen LogP contribution in [0, 0.1) is 5.82 Å². The Bertz CT molecular complexity index is 678. The van der Waals surface area contributed by atoms with Gasteiger partial charge in [0.25, 0.3) is 5.91 Å². The molecule has 0 aliphatic rings. The number of ether oxygens (including phenoxy) is 1. The Hall–Kier alpha value is -2.11. The van der Waals surface area contributed by atoms with Crippen LogP contribution in [0.25, 0.3) is 0 Å². The van der Waals surface area contributed by atoms with Crippen molar-refractivity contribution in [1.29, 1.82) is 0 Å². The molecule has 2 aromatic rings. The molecule has 1 unspecified atom stereocenters. The minimum absolute atomic E-state index is 0.0315. The van der Waals surface area contributed by atoms with E-state index in [0.717, 1.165) is 6.07 Å². The Morgan fingerprint density at radius 2 is 2.09 bits per heavy atom. The molecular weight excluding hydrogens is 309 g/mol. The van der Waals surface area contributed by atoms with E-state index in [1.807, 2.05) is 0 Å². The van der Waals surface area contributed by atoms with Crippen LogP contribution in [0.2, 0.25) is 5.02 Å². The van der Waals surface area contributed by atoms with Crippen molar-refractivity contribution < 1.29 is 19.0 Å². The minimum Gasteiger partial charge on any atom is -0.494 e. The van der Waals surface area contributed by atoms with Crippen LogP contribution >= 0.6 is 11.6 Å². The lowest BCUT2D eigenvalue weighted by atomic mass is 10.1. The first kappa shape index (κ1) is 16.3. The summed E-state index contributed by atoms with van der Waals surface area (Å²) >= 11 is 5.97. The molecule has 6 heteroatoms. The van der Waals surface area contributed by atoms with Gasteiger partial charge in [-0.05, 0) is 24.3 Å². The number of hydrogen-bond acceptors (Lipinski definition) is 3. The largest absolute Gasteiger partial charge is 0.494 e. The van der Waals surface area contributed by atoms with Crippen molar-refractivity contribution in [1.82, 2.24) is 5.32 Å². The third-order valence-electron chi connectivity index (χ3n) is 3.13. The maximum absolute atomic E-state index is 13.6. The highest BCUT2D eigenvalue weighted by atomic mass is 35.5. The highest BCUT2D eigenvalue weighted by Crippen LogP contribution is 2.22. The van der Waals surface area contributed by atoms with E-state index in [-0.39, 0.29) is 17.9 Å². The highest BCUT2D eigenvalue weighted by Gasteiger charge is 2.14. The Labute approximate surface area is 132 Å². The standard InChI is InChI=1S/C16H15ClFNO3/c1-22-15-7-6-10(8-13(15)18)16(21)19-9-14(20)11-4-2-3-5-12(11)17/h2-8,14,20H,9H2,1H3,(H,19,21). The number of halogens is 2. The molecule has 2 N–H and O–H groups in total. The Morgan fingerprint density at radius 3 is 2.73 bits per heavy atom. The van der Waals surface area contributed by atoms with Gasteiger partial charge in [0.1, 0.15) is 0 Å². The Morgan fingerprint density at radius 1 is 1.36 bits per heavy atom. The summed E-state index contributed by atoms with van der Waals surface area (Å²) in [6, 6.07) is 10.7.